The van der Waals surface area contributed by atoms with Gasteiger partial charge in [0, 0.05) is 29.4 Å². The summed E-state index contributed by atoms with van der Waals surface area (Å²) in [4.78, 5) is 12.7. The van der Waals surface area contributed by atoms with Gasteiger partial charge in [-0.25, -0.2) is 13.1 Å². The number of hydrogen-bond donors (Lipinski definition) is 3. The fourth-order valence-electron chi connectivity index (χ4n) is 2.17. The van der Waals surface area contributed by atoms with E-state index < -0.39 is 15.4 Å². The Hall–Kier alpha value is -0.960. The Labute approximate surface area is 148 Å². The molecule has 24 heavy (non-hydrogen) atoms. The number of nitrogens with two attached hydrogens (primary N) is 1. The minimum Gasteiger partial charge on any atom is -0.355 e. The number of carbonyl (C=O) groups excluding carboxylic acids is 1. The Bertz CT molecular complexity index is 673. The third kappa shape index (κ3) is 5.54. The summed E-state index contributed by atoms with van der Waals surface area (Å²) in [5.74, 6) is 0.445. The normalized spacial score (nSPS) is 16.8. The molecule has 1 unspecified atom stereocenters. The highest BCUT2D eigenvalue weighted by Crippen LogP contribution is 2.31. The summed E-state index contributed by atoms with van der Waals surface area (Å²) in [5.41, 5.74) is 5.51. The number of rotatable bonds is 8. The van der Waals surface area contributed by atoms with E-state index in [-0.39, 0.29) is 18.5 Å². The van der Waals surface area contributed by atoms with E-state index in [1.165, 1.54) is 11.3 Å². The lowest BCUT2D eigenvalue weighted by Crippen LogP contribution is -2.38. The molecule has 8 heteroatoms. The molecule has 1 saturated carbocycles. The molecule has 0 radical (unpaired) electrons. The Morgan fingerprint density at radius 1 is 1.38 bits per heavy atom. The molecule has 1 aliphatic rings. The zero-order valence-corrected chi connectivity index (χ0v) is 16.1. The van der Waals surface area contributed by atoms with E-state index in [4.69, 9.17) is 5.73 Å². The Morgan fingerprint density at radius 2 is 2.04 bits per heavy atom. The lowest BCUT2D eigenvalue weighted by atomic mass is 9.96. The van der Waals surface area contributed by atoms with Crippen LogP contribution in [0.25, 0.3) is 0 Å². The molecule has 1 heterocycles. The van der Waals surface area contributed by atoms with Gasteiger partial charge in [0.05, 0.1) is 0 Å². The lowest BCUT2D eigenvalue weighted by molar-refractivity contribution is -0.128. The molecule has 0 spiro atoms. The minimum absolute atomic E-state index is 0.0115. The SMILES string of the molecule is CC(C)(C)C(=O)NCCc1ccc(S(=O)(=O)NCC(N)C2CC2)s1. The van der Waals surface area contributed by atoms with Crippen LogP contribution in [0.5, 0.6) is 0 Å². The molecule has 0 aromatic carbocycles. The Morgan fingerprint density at radius 3 is 2.62 bits per heavy atom. The zero-order chi connectivity index (χ0) is 18.0. The molecule has 4 N–H and O–H groups in total. The van der Waals surface area contributed by atoms with E-state index in [9.17, 15) is 13.2 Å². The van der Waals surface area contributed by atoms with E-state index in [1.54, 1.807) is 12.1 Å². The van der Waals surface area contributed by atoms with Crippen LogP contribution >= 0.6 is 11.3 Å². The average molecular weight is 374 g/mol. The van der Waals surface area contributed by atoms with E-state index in [1.807, 2.05) is 20.8 Å². The topological polar surface area (TPSA) is 101 Å². The van der Waals surface area contributed by atoms with Crippen molar-refractivity contribution in [2.75, 3.05) is 13.1 Å². The van der Waals surface area contributed by atoms with Gasteiger partial charge in [-0.2, -0.15) is 0 Å². The summed E-state index contributed by atoms with van der Waals surface area (Å²) in [7, 11) is -3.50. The number of thiophene rings is 1. The third-order valence-electron chi connectivity index (χ3n) is 3.98. The van der Waals surface area contributed by atoms with Crippen LogP contribution in [0.1, 0.15) is 38.5 Å². The van der Waals surface area contributed by atoms with Crippen molar-refractivity contribution in [3.63, 3.8) is 0 Å². The molecule has 0 saturated heterocycles. The van der Waals surface area contributed by atoms with Gasteiger partial charge in [-0.15, -0.1) is 11.3 Å². The highest BCUT2D eigenvalue weighted by molar-refractivity contribution is 7.91. The molecule has 1 aromatic rings. The van der Waals surface area contributed by atoms with Gasteiger partial charge in [0.25, 0.3) is 0 Å². The smallest absolute Gasteiger partial charge is 0.250 e. The number of hydrogen-bond acceptors (Lipinski definition) is 5. The number of carbonyl (C=O) groups is 1. The zero-order valence-electron chi connectivity index (χ0n) is 14.5. The predicted molar refractivity (Wildman–Crippen MR) is 96.4 cm³/mol. The van der Waals surface area contributed by atoms with E-state index in [2.05, 4.69) is 10.0 Å². The molecule has 1 aromatic heterocycles. The van der Waals surface area contributed by atoms with Crippen LogP contribution in [0.4, 0.5) is 0 Å². The fraction of sp³-hybridized carbons (Fsp3) is 0.688. The Balaban J connectivity index is 1.83. The second-order valence-electron chi connectivity index (χ2n) is 7.33. The number of sulfonamides is 1. The first kappa shape index (κ1) is 19.4. The molecule has 1 fully saturated rings. The van der Waals surface area contributed by atoms with Gasteiger partial charge >= 0.3 is 0 Å². The first-order valence-corrected chi connectivity index (χ1v) is 10.5. The van der Waals surface area contributed by atoms with Crippen molar-refractivity contribution in [1.82, 2.24) is 10.0 Å². The number of nitrogens with one attached hydrogen (secondary N) is 2. The first-order valence-electron chi connectivity index (χ1n) is 8.22. The van der Waals surface area contributed by atoms with Crippen LogP contribution in [0.2, 0.25) is 0 Å². The van der Waals surface area contributed by atoms with Crippen LogP contribution < -0.4 is 15.8 Å². The average Bonchev–Trinajstić information content (AvgIpc) is 3.22. The molecule has 6 nitrogen and oxygen atoms in total. The molecular weight excluding hydrogens is 346 g/mol. The van der Waals surface area contributed by atoms with Crippen LogP contribution in [-0.4, -0.2) is 33.5 Å². The van der Waals surface area contributed by atoms with Gasteiger partial charge in [-0.05, 0) is 37.3 Å². The predicted octanol–water partition coefficient (Wildman–Crippen LogP) is 1.47. The van der Waals surface area contributed by atoms with Gasteiger partial charge in [0.2, 0.25) is 15.9 Å². The largest absolute Gasteiger partial charge is 0.355 e. The van der Waals surface area contributed by atoms with Crippen molar-refractivity contribution in [2.45, 2.75) is 50.3 Å². The molecule has 136 valence electrons. The van der Waals surface area contributed by atoms with Crippen molar-refractivity contribution in [2.24, 2.45) is 17.1 Å². The van der Waals surface area contributed by atoms with Crippen LogP contribution in [0.3, 0.4) is 0 Å². The van der Waals surface area contributed by atoms with Gasteiger partial charge < -0.3 is 11.1 Å². The van der Waals surface area contributed by atoms with Crippen LogP contribution in [0.15, 0.2) is 16.3 Å². The summed E-state index contributed by atoms with van der Waals surface area (Å²) in [6, 6.07) is 3.30. The second kappa shape index (κ2) is 7.51. The standard InChI is InChI=1S/C16H27N3O3S2/c1-16(2,3)15(20)18-9-8-12-6-7-14(23-12)24(21,22)19-10-13(17)11-4-5-11/h6-7,11,13,19H,4-5,8-10,17H2,1-3H3,(H,18,20). The molecule has 2 rings (SSSR count). The summed E-state index contributed by atoms with van der Waals surface area (Å²) in [6.45, 7) is 6.35. The first-order chi connectivity index (χ1) is 11.1. The van der Waals surface area contributed by atoms with E-state index >= 15 is 0 Å². The van der Waals surface area contributed by atoms with Crippen molar-refractivity contribution in [1.29, 1.82) is 0 Å². The summed E-state index contributed by atoms with van der Waals surface area (Å²) in [6.07, 6.45) is 2.79. The van der Waals surface area contributed by atoms with Crippen molar-refractivity contribution in [3.8, 4) is 0 Å². The lowest BCUT2D eigenvalue weighted by Gasteiger charge is -2.17. The van der Waals surface area contributed by atoms with Gasteiger partial charge in [0.1, 0.15) is 4.21 Å². The molecule has 1 amide bonds. The van der Waals surface area contributed by atoms with Gasteiger partial charge in [-0.1, -0.05) is 20.8 Å². The van der Waals surface area contributed by atoms with Crippen LogP contribution in [0, 0.1) is 11.3 Å². The minimum atomic E-state index is -3.50. The van der Waals surface area contributed by atoms with Gasteiger partial charge in [0.15, 0.2) is 0 Å². The molecule has 1 atom stereocenters. The van der Waals surface area contributed by atoms with E-state index in [0.29, 0.717) is 23.1 Å². The highest BCUT2D eigenvalue weighted by atomic mass is 32.2. The van der Waals surface area contributed by atoms with Crippen LogP contribution in [-0.2, 0) is 21.2 Å². The molecule has 0 bridgehead atoms. The summed E-state index contributed by atoms with van der Waals surface area (Å²) in [5, 5.41) is 2.86. The highest BCUT2D eigenvalue weighted by Gasteiger charge is 2.29. The summed E-state index contributed by atoms with van der Waals surface area (Å²) >= 11 is 1.23. The summed E-state index contributed by atoms with van der Waals surface area (Å²) < 4.78 is 27.4. The van der Waals surface area contributed by atoms with Crippen molar-refractivity contribution in [3.05, 3.63) is 17.0 Å². The van der Waals surface area contributed by atoms with Gasteiger partial charge in [-0.3, -0.25) is 4.79 Å². The Kier molecular flexibility index (Phi) is 6.06. The second-order valence-corrected chi connectivity index (χ2v) is 10.5. The molecule has 0 aliphatic heterocycles. The maximum absolute atomic E-state index is 12.3. The maximum atomic E-state index is 12.3. The van der Waals surface area contributed by atoms with Crippen molar-refractivity contribution >= 4 is 27.3 Å². The molecular formula is C16H27N3O3S2. The monoisotopic (exact) mass is 373 g/mol. The molecule has 1 aliphatic carbocycles. The third-order valence-corrected chi connectivity index (χ3v) is 7.04. The van der Waals surface area contributed by atoms with Crippen molar-refractivity contribution < 1.29 is 13.2 Å². The number of amides is 1. The van der Waals surface area contributed by atoms with E-state index in [0.717, 1.165) is 17.7 Å². The fourth-order valence-corrected chi connectivity index (χ4v) is 4.64. The quantitative estimate of drug-likeness (QED) is 0.642. The maximum Gasteiger partial charge on any atom is 0.250 e.